The van der Waals surface area contributed by atoms with Gasteiger partial charge in [0.25, 0.3) is 0 Å². The number of amides is 1. The van der Waals surface area contributed by atoms with Crippen LogP contribution in [0.5, 0.6) is 17.2 Å². The molecule has 0 N–H and O–H groups in total. The quantitative estimate of drug-likeness (QED) is 0.541. The van der Waals surface area contributed by atoms with E-state index in [4.69, 9.17) is 14.2 Å². The maximum Gasteiger partial charge on any atom is 0.227 e. The van der Waals surface area contributed by atoms with Crippen molar-refractivity contribution in [1.82, 2.24) is 9.80 Å². The number of nitrogens with zero attached hydrogens (tertiary/aromatic N) is 2. The summed E-state index contributed by atoms with van der Waals surface area (Å²) in [5.74, 6) is 2.03. The van der Waals surface area contributed by atoms with Crippen molar-refractivity contribution in [1.29, 1.82) is 0 Å². The monoisotopic (exact) mass is 448 g/mol. The molecule has 0 bridgehead atoms. The van der Waals surface area contributed by atoms with Crippen LogP contribution in [0, 0.1) is 0 Å². The summed E-state index contributed by atoms with van der Waals surface area (Å²) in [6, 6.07) is 16.9. The highest BCUT2D eigenvalue weighted by Crippen LogP contribution is 2.41. The van der Waals surface area contributed by atoms with E-state index in [2.05, 4.69) is 55.4 Å². The lowest BCUT2D eigenvalue weighted by Crippen LogP contribution is -2.35. The molecule has 3 aromatic carbocycles. The molecule has 1 amide bonds. The summed E-state index contributed by atoms with van der Waals surface area (Å²) < 4.78 is 16.4. The van der Waals surface area contributed by atoms with Crippen molar-refractivity contribution in [2.75, 3.05) is 48.5 Å². The van der Waals surface area contributed by atoms with E-state index in [0.29, 0.717) is 29.7 Å². The number of methoxy groups -OCH3 is 3. The molecule has 0 spiro atoms. The second kappa shape index (κ2) is 9.71. The first-order chi connectivity index (χ1) is 15.9. The molecule has 33 heavy (non-hydrogen) atoms. The molecule has 4 rings (SSSR count). The molecular formula is C27H32N2O4. The van der Waals surface area contributed by atoms with Crippen molar-refractivity contribution < 1.29 is 19.0 Å². The second-order valence-electron chi connectivity index (χ2n) is 8.73. The average Bonchev–Trinajstić information content (AvgIpc) is 3.33. The lowest BCUT2D eigenvalue weighted by Gasteiger charge is -2.20. The SMILES string of the molecule is COc1cc(-c2ccc3cc(CC(=O)N4CCC(N(C)C)C4)ccc3c2)cc(OC)c1OC. The number of hydrogen-bond donors (Lipinski definition) is 0. The summed E-state index contributed by atoms with van der Waals surface area (Å²) in [4.78, 5) is 17.0. The Bertz CT molecular complexity index is 1130. The van der Waals surface area contributed by atoms with Gasteiger partial charge < -0.3 is 24.0 Å². The van der Waals surface area contributed by atoms with E-state index in [1.807, 2.05) is 17.0 Å². The highest BCUT2D eigenvalue weighted by molar-refractivity contribution is 5.89. The van der Waals surface area contributed by atoms with E-state index in [-0.39, 0.29) is 5.91 Å². The molecule has 1 unspecified atom stereocenters. The third kappa shape index (κ3) is 4.76. The molecule has 1 aliphatic heterocycles. The van der Waals surface area contributed by atoms with Crippen LogP contribution in [-0.4, -0.2) is 70.3 Å². The number of carbonyl (C=O) groups excluding carboxylic acids is 1. The van der Waals surface area contributed by atoms with Gasteiger partial charge in [-0.25, -0.2) is 0 Å². The van der Waals surface area contributed by atoms with E-state index in [1.54, 1.807) is 21.3 Å². The summed E-state index contributed by atoms with van der Waals surface area (Å²) in [5.41, 5.74) is 3.08. The lowest BCUT2D eigenvalue weighted by molar-refractivity contribution is -0.129. The first-order valence-electron chi connectivity index (χ1n) is 11.2. The molecule has 1 aliphatic rings. The number of ether oxygens (including phenoxy) is 3. The van der Waals surface area contributed by atoms with Gasteiger partial charge in [-0.3, -0.25) is 4.79 Å². The standard InChI is InChI=1S/C27H32N2O4/c1-28(2)23-10-11-29(17-23)26(30)13-18-6-7-20-14-21(9-8-19(20)12-18)22-15-24(31-3)27(33-5)25(16-22)32-4/h6-9,12,14-16,23H,10-11,13,17H2,1-5H3. The molecule has 6 nitrogen and oxygen atoms in total. The molecule has 6 heteroatoms. The molecule has 174 valence electrons. The van der Waals surface area contributed by atoms with Gasteiger partial charge in [0.2, 0.25) is 11.7 Å². The van der Waals surface area contributed by atoms with Crippen LogP contribution in [0.15, 0.2) is 48.5 Å². The van der Waals surface area contributed by atoms with Gasteiger partial charge in [-0.2, -0.15) is 0 Å². The molecule has 0 radical (unpaired) electrons. The summed E-state index contributed by atoms with van der Waals surface area (Å²) in [6.07, 6.45) is 1.48. The molecule has 1 saturated heterocycles. The topological polar surface area (TPSA) is 51.2 Å². The Balaban J connectivity index is 1.56. The smallest absolute Gasteiger partial charge is 0.227 e. The Hall–Kier alpha value is -3.25. The van der Waals surface area contributed by atoms with Gasteiger partial charge >= 0.3 is 0 Å². The molecule has 0 aromatic heterocycles. The maximum absolute atomic E-state index is 12.8. The minimum absolute atomic E-state index is 0.202. The van der Waals surface area contributed by atoms with E-state index < -0.39 is 0 Å². The largest absolute Gasteiger partial charge is 0.493 e. The van der Waals surface area contributed by atoms with E-state index in [1.165, 1.54) is 0 Å². The third-order valence-electron chi connectivity index (χ3n) is 6.50. The van der Waals surface area contributed by atoms with Crippen LogP contribution in [0.1, 0.15) is 12.0 Å². The summed E-state index contributed by atoms with van der Waals surface area (Å²) in [6.45, 7) is 1.66. The van der Waals surface area contributed by atoms with Gasteiger partial charge in [0, 0.05) is 19.1 Å². The average molecular weight is 449 g/mol. The normalized spacial score (nSPS) is 15.8. The van der Waals surface area contributed by atoms with Crippen LogP contribution < -0.4 is 14.2 Å². The van der Waals surface area contributed by atoms with Gasteiger partial charge in [0.15, 0.2) is 11.5 Å². The van der Waals surface area contributed by atoms with Crippen molar-refractivity contribution in [3.63, 3.8) is 0 Å². The van der Waals surface area contributed by atoms with Crippen molar-refractivity contribution in [2.24, 2.45) is 0 Å². The minimum Gasteiger partial charge on any atom is -0.493 e. The fraction of sp³-hybridized carbons (Fsp3) is 0.370. The number of fused-ring (bicyclic) bond motifs is 1. The molecule has 3 aromatic rings. The Morgan fingerprint density at radius 1 is 0.909 bits per heavy atom. The minimum atomic E-state index is 0.202. The van der Waals surface area contributed by atoms with E-state index in [9.17, 15) is 4.79 Å². The van der Waals surface area contributed by atoms with Gasteiger partial charge in [-0.15, -0.1) is 0 Å². The molecule has 0 saturated carbocycles. The Kier molecular flexibility index (Phi) is 6.75. The zero-order chi connectivity index (χ0) is 23.5. The summed E-state index contributed by atoms with van der Waals surface area (Å²) in [7, 11) is 8.99. The summed E-state index contributed by atoms with van der Waals surface area (Å²) >= 11 is 0. The molecule has 1 fully saturated rings. The predicted molar refractivity (Wildman–Crippen MR) is 131 cm³/mol. The predicted octanol–water partition coefficient (Wildman–Crippen LogP) is 4.24. The lowest BCUT2D eigenvalue weighted by atomic mass is 9.98. The van der Waals surface area contributed by atoms with E-state index in [0.717, 1.165) is 47.0 Å². The summed E-state index contributed by atoms with van der Waals surface area (Å²) in [5, 5.41) is 2.23. The number of hydrogen-bond acceptors (Lipinski definition) is 5. The Morgan fingerprint density at radius 3 is 2.18 bits per heavy atom. The molecule has 0 aliphatic carbocycles. The van der Waals surface area contributed by atoms with Crippen molar-refractivity contribution in [3.8, 4) is 28.4 Å². The van der Waals surface area contributed by atoms with Gasteiger partial charge in [0.1, 0.15) is 0 Å². The van der Waals surface area contributed by atoms with Crippen molar-refractivity contribution >= 4 is 16.7 Å². The van der Waals surface area contributed by atoms with Crippen molar-refractivity contribution in [2.45, 2.75) is 18.9 Å². The number of rotatable bonds is 7. The van der Waals surface area contributed by atoms with Crippen LogP contribution in [0.25, 0.3) is 21.9 Å². The van der Waals surface area contributed by atoms with Gasteiger partial charge in [0.05, 0.1) is 27.8 Å². The fourth-order valence-electron chi connectivity index (χ4n) is 4.51. The fourth-order valence-corrected chi connectivity index (χ4v) is 4.51. The van der Waals surface area contributed by atoms with Crippen LogP contribution in [-0.2, 0) is 11.2 Å². The number of benzene rings is 3. The first-order valence-corrected chi connectivity index (χ1v) is 11.2. The van der Waals surface area contributed by atoms with Gasteiger partial charge in [-0.1, -0.05) is 30.3 Å². The zero-order valence-electron chi connectivity index (χ0n) is 20.1. The Morgan fingerprint density at radius 2 is 1.58 bits per heavy atom. The van der Waals surface area contributed by atoms with Crippen LogP contribution in [0.2, 0.25) is 0 Å². The zero-order valence-corrected chi connectivity index (χ0v) is 20.1. The van der Waals surface area contributed by atoms with Crippen molar-refractivity contribution in [3.05, 3.63) is 54.1 Å². The first kappa shape index (κ1) is 22.9. The molecular weight excluding hydrogens is 416 g/mol. The highest BCUT2D eigenvalue weighted by atomic mass is 16.5. The van der Waals surface area contributed by atoms with Crippen LogP contribution in [0.3, 0.4) is 0 Å². The molecule has 1 atom stereocenters. The Labute approximate surface area is 195 Å². The number of likely N-dealkylation sites (N-methyl/N-ethyl adjacent to an activating group) is 1. The third-order valence-corrected chi connectivity index (χ3v) is 6.50. The maximum atomic E-state index is 12.8. The van der Waals surface area contributed by atoms with Crippen LogP contribution >= 0.6 is 0 Å². The number of likely N-dealkylation sites (tertiary alicyclic amines) is 1. The number of carbonyl (C=O) groups is 1. The second-order valence-corrected chi connectivity index (χ2v) is 8.73. The highest BCUT2D eigenvalue weighted by Gasteiger charge is 2.27. The van der Waals surface area contributed by atoms with Gasteiger partial charge in [-0.05, 0) is 66.2 Å². The molecule has 1 heterocycles. The van der Waals surface area contributed by atoms with Crippen LogP contribution in [0.4, 0.5) is 0 Å². The van der Waals surface area contributed by atoms with E-state index >= 15 is 0 Å².